The van der Waals surface area contributed by atoms with E-state index < -0.39 is 10.0 Å². The second-order valence-electron chi connectivity index (χ2n) is 7.74. The molecule has 2 aromatic heterocycles. The Labute approximate surface area is 175 Å². The number of nitrogens with zero attached hydrogens (tertiary/aromatic N) is 4. The Morgan fingerprint density at radius 3 is 2.73 bits per heavy atom. The molecule has 0 amide bonds. The van der Waals surface area contributed by atoms with Gasteiger partial charge in [-0.3, -0.25) is 4.31 Å². The van der Waals surface area contributed by atoms with E-state index in [-0.39, 0.29) is 11.8 Å². The van der Waals surface area contributed by atoms with Crippen LogP contribution in [0.3, 0.4) is 0 Å². The Morgan fingerprint density at radius 2 is 1.93 bits per heavy atom. The smallest absolute Gasteiger partial charge is 0.235 e. The highest BCUT2D eigenvalue weighted by molar-refractivity contribution is 7.93. The van der Waals surface area contributed by atoms with Crippen LogP contribution in [-0.4, -0.2) is 35.3 Å². The summed E-state index contributed by atoms with van der Waals surface area (Å²) >= 11 is 0. The summed E-state index contributed by atoms with van der Waals surface area (Å²) < 4.78 is 28.0. The molecule has 154 valence electrons. The molecule has 1 fully saturated rings. The van der Waals surface area contributed by atoms with Crippen molar-refractivity contribution in [3.63, 3.8) is 0 Å². The fourth-order valence-electron chi connectivity index (χ4n) is 4.05. The third-order valence-corrected chi connectivity index (χ3v) is 7.41. The molecule has 0 saturated carbocycles. The quantitative estimate of drug-likeness (QED) is 0.541. The molecule has 1 saturated heterocycles. The Balaban J connectivity index is 1.52. The van der Waals surface area contributed by atoms with Crippen molar-refractivity contribution in [2.75, 3.05) is 21.9 Å². The lowest BCUT2D eigenvalue weighted by molar-refractivity contribution is 0.599. The van der Waals surface area contributed by atoms with Crippen molar-refractivity contribution in [3.05, 3.63) is 65.9 Å². The maximum Gasteiger partial charge on any atom is 0.235 e. The Kier molecular flexibility index (Phi) is 4.39. The molecule has 8 heteroatoms. The zero-order valence-corrected chi connectivity index (χ0v) is 17.7. The van der Waals surface area contributed by atoms with E-state index in [0.29, 0.717) is 13.0 Å². The van der Waals surface area contributed by atoms with Crippen LogP contribution in [0.15, 0.2) is 54.6 Å². The number of aryl methyl sites for hydroxylation is 1. The minimum absolute atomic E-state index is 0.0577. The van der Waals surface area contributed by atoms with Gasteiger partial charge in [0.25, 0.3) is 0 Å². The molecule has 30 heavy (non-hydrogen) atoms. The fraction of sp³-hybridized carbons (Fsp3) is 0.273. The highest BCUT2D eigenvalue weighted by atomic mass is 32.2. The van der Waals surface area contributed by atoms with E-state index in [4.69, 9.17) is 4.98 Å². The van der Waals surface area contributed by atoms with Crippen molar-refractivity contribution in [1.82, 2.24) is 14.6 Å². The Bertz CT molecular complexity index is 1360. The monoisotopic (exact) mass is 421 g/mol. The first-order valence-electron chi connectivity index (χ1n) is 10.0. The lowest BCUT2D eigenvalue weighted by Gasteiger charge is -2.21. The van der Waals surface area contributed by atoms with Gasteiger partial charge in [0.05, 0.1) is 28.7 Å². The van der Waals surface area contributed by atoms with Gasteiger partial charge in [-0.1, -0.05) is 24.3 Å². The van der Waals surface area contributed by atoms with E-state index in [1.54, 1.807) is 0 Å². The summed E-state index contributed by atoms with van der Waals surface area (Å²) in [5.74, 6) is 0.996. The molecule has 7 nitrogen and oxygen atoms in total. The van der Waals surface area contributed by atoms with Crippen LogP contribution in [0, 0.1) is 6.92 Å². The van der Waals surface area contributed by atoms with Gasteiger partial charge in [-0.2, -0.15) is 5.10 Å². The number of hydrogen-bond acceptors (Lipinski definition) is 5. The zero-order valence-electron chi connectivity index (χ0n) is 16.9. The van der Waals surface area contributed by atoms with Gasteiger partial charge in [-0.15, -0.1) is 0 Å². The zero-order chi connectivity index (χ0) is 20.9. The number of nitrogens with one attached hydrogen (secondary N) is 1. The molecule has 1 N–H and O–H groups in total. The van der Waals surface area contributed by atoms with Crippen molar-refractivity contribution in [2.24, 2.45) is 0 Å². The molecule has 1 aliphatic rings. The molecular weight excluding hydrogens is 398 g/mol. The SMILES string of the molecule is Cc1cc2nc(NC(C)c3cccc(N4CCCS4(=O)=O)c3)c3ccccc3n2n1. The van der Waals surface area contributed by atoms with Gasteiger partial charge in [0, 0.05) is 18.0 Å². The van der Waals surface area contributed by atoms with Crippen LogP contribution < -0.4 is 9.62 Å². The first-order valence-corrected chi connectivity index (χ1v) is 11.7. The van der Waals surface area contributed by atoms with Crippen LogP contribution >= 0.6 is 0 Å². The van der Waals surface area contributed by atoms with Gasteiger partial charge in [0.1, 0.15) is 5.82 Å². The normalized spacial score (nSPS) is 16.9. The van der Waals surface area contributed by atoms with E-state index in [2.05, 4.69) is 17.3 Å². The first kappa shape index (κ1) is 18.9. The topological polar surface area (TPSA) is 79.6 Å². The number of anilines is 2. The number of hydrogen-bond donors (Lipinski definition) is 1. The largest absolute Gasteiger partial charge is 0.363 e. The third-order valence-electron chi connectivity index (χ3n) is 5.54. The van der Waals surface area contributed by atoms with Crippen LogP contribution in [-0.2, 0) is 10.0 Å². The predicted molar refractivity (Wildman–Crippen MR) is 119 cm³/mol. The van der Waals surface area contributed by atoms with Gasteiger partial charge < -0.3 is 5.32 Å². The number of rotatable bonds is 4. The second kappa shape index (κ2) is 6.98. The molecule has 0 spiro atoms. The van der Waals surface area contributed by atoms with Gasteiger partial charge in [0.2, 0.25) is 10.0 Å². The van der Waals surface area contributed by atoms with Crippen molar-refractivity contribution in [3.8, 4) is 0 Å². The molecule has 0 aliphatic carbocycles. The van der Waals surface area contributed by atoms with Gasteiger partial charge in [0.15, 0.2) is 5.65 Å². The lowest BCUT2D eigenvalue weighted by atomic mass is 10.1. The number of para-hydroxylation sites is 1. The van der Waals surface area contributed by atoms with E-state index in [0.717, 1.165) is 39.3 Å². The van der Waals surface area contributed by atoms with E-state index >= 15 is 0 Å². The summed E-state index contributed by atoms with van der Waals surface area (Å²) in [5, 5.41) is 9.06. The summed E-state index contributed by atoms with van der Waals surface area (Å²) in [6.45, 7) is 4.55. The summed E-state index contributed by atoms with van der Waals surface area (Å²) in [7, 11) is -3.20. The maximum absolute atomic E-state index is 12.3. The van der Waals surface area contributed by atoms with Crippen molar-refractivity contribution in [1.29, 1.82) is 0 Å². The van der Waals surface area contributed by atoms with Crippen LogP contribution in [0.5, 0.6) is 0 Å². The standard InChI is InChI=1S/C22H23N5O2S/c1-15-13-21-24-22(19-9-3-4-10-20(19)27(21)25-15)23-16(2)17-7-5-8-18(14-17)26-11-6-12-30(26,28)29/h3-5,7-10,13-14,16H,6,11-12H2,1-2H3,(H,23,24). The molecule has 0 bridgehead atoms. The molecule has 0 radical (unpaired) electrons. The van der Waals surface area contributed by atoms with E-state index in [1.807, 2.05) is 66.0 Å². The Hall–Kier alpha value is -3.13. The molecule has 3 heterocycles. The average Bonchev–Trinajstić information content (AvgIpc) is 3.29. The van der Waals surface area contributed by atoms with Crippen molar-refractivity contribution >= 4 is 38.1 Å². The van der Waals surface area contributed by atoms with Crippen LogP contribution in [0.4, 0.5) is 11.5 Å². The van der Waals surface area contributed by atoms with Crippen LogP contribution in [0.25, 0.3) is 16.6 Å². The molecule has 1 unspecified atom stereocenters. The highest BCUT2D eigenvalue weighted by Gasteiger charge is 2.28. The van der Waals surface area contributed by atoms with Gasteiger partial charge in [-0.25, -0.2) is 17.9 Å². The van der Waals surface area contributed by atoms with Crippen LogP contribution in [0.1, 0.15) is 30.6 Å². The number of benzene rings is 2. The Morgan fingerprint density at radius 1 is 1.10 bits per heavy atom. The second-order valence-corrected chi connectivity index (χ2v) is 9.75. The number of sulfonamides is 1. The number of fused-ring (bicyclic) bond motifs is 3. The number of aromatic nitrogens is 3. The summed E-state index contributed by atoms with van der Waals surface area (Å²) in [4.78, 5) is 4.80. The average molecular weight is 422 g/mol. The minimum atomic E-state index is -3.20. The molecule has 2 aromatic carbocycles. The maximum atomic E-state index is 12.3. The van der Waals surface area contributed by atoms with Crippen molar-refractivity contribution < 1.29 is 8.42 Å². The van der Waals surface area contributed by atoms with Crippen LogP contribution in [0.2, 0.25) is 0 Å². The highest BCUT2D eigenvalue weighted by Crippen LogP contribution is 2.30. The van der Waals surface area contributed by atoms with E-state index in [1.165, 1.54) is 4.31 Å². The third kappa shape index (κ3) is 3.17. The van der Waals surface area contributed by atoms with E-state index in [9.17, 15) is 8.42 Å². The van der Waals surface area contributed by atoms with Gasteiger partial charge >= 0.3 is 0 Å². The van der Waals surface area contributed by atoms with Crippen molar-refractivity contribution in [2.45, 2.75) is 26.3 Å². The summed E-state index contributed by atoms with van der Waals surface area (Å²) in [6.07, 6.45) is 0.668. The fourth-order valence-corrected chi connectivity index (χ4v) is 5.61. The molecule has 4 aromatic rings. The molecule has 1 aliphatic heterocycles. The molecule has 1 atom stereocenters. The molecule has 5 rings (SSSR count). The minimum Gasteiger partial charge on any atom is -0.363 e. The van der Waals surface area contributed by atoms with Gasteiger partial charge in [-0.05, 0) is 50.1 Å². The lowest BCUT2D eigenvalue weighted by Crippen LogP contribution is -2.25. The summed E-state index contributed by atoms with van der Waals surface area (Å²) in [5.41, 5.74) is 4.42. The molecular formula is C22H23N5O2S. The summed E-state index contributed by atoms with van der Waals surface area (Å²) in [6, 6.07) is 17.7. The first-order chi connectivity index (χ1) is 14.4. The predicted octanol–water partition coefficient (Wildman–Crippen LogP) is 3.90.